The van der Waals surface area contributed by atoms with E-state index in [1.54, 1.807) is 0 Å². The van der Waals surface area contributed by atoms with Crippen LogP contribution in [0.2, 0.25) is 6.32 Å². The monoisotopic (exact) mass is 411 g/mol. The van der Waals surface area contributed by atoms with Crippen LogP contribution in [-0.2, 0) is 24.5 Å². The van der Waals surface area contributed by atoms with Gasteiger partial charge in [0.05, 0.1) is 13.0 Å². The van der Waals surface area contributed by atoms with Crippen molar-refractivity contribution in [3.05, 3.63) is 29.3 Å². The van der Waals surface area contributed by atoms with Crippen LogP contribution < -0.4 is 5.46 Å². The van der Waals surface area contributed by atoms with E-state index in [1.165, 1.54) is 44.3 Å². The van der Waals surface area contributed by atoms with E-state index in [0.717, 1.165) is 24.7 Å². The molecular weight excluding hydrogens is 379 g/mol. The molecule has 0 saturated heterocycles. The summed E-state index contributed by atoms with van der Waals surface area (Å²) in [6, 6.07) is 6.46. The molecule has 1 aliphatic carbocycles. The predicted molar refractivity (Wildman–Crippen MR) is 109 cm³/mol. The van der Waals surface area contributed by atoms with Gasteiger partial charge in [0.15, 0.2) is 7.28 Å². The molecule has 0 amide bonds. The van der Waals surface area contributed by atoms with E-state index in [-0.39, 0.29) is 67.1 Å². The minimum Gasteiger partial charge on any atom is -0.469 e. The molecule has 2 aliphatic rings. The molecule has 6 heteroatoms. The second kappa shape index (κ2) is 11.6. The minimum atomic E-state index is -0.245. The maximum Gasteiger partial charge on any atom is 0.313 e. The molecule has 1 aromatic rings. The van der Waals surface area contributed by atoms with Crippen molar-refractivity contribution in [3.8, 4) is 0 Å². The predicted octanol–water partition coefficient (Wildman–Crippen LogP) is 3.88. The number of carbonyl (C=O) groups is 2. The second-order valence-corrected chi connectivity index (χ2v) is 8.25. The summed E-state index contributed by atoms with van der Waals surface area (Å²) in [6.07, 6.45) is 6.94. The van der Waals surface area contributed by atoms with Crippen molar-refractivity contribution < 1.29 is 56.8 Å². The Bertz CT molecular complexity index is 669. The third-order valence-electron chi connectivity index (χ3n) is 5.61. The van der Waals surface area contributed by atoms with Crippen LogP contribution in [0.4, 0.5) is 0 Å². The fourth-order valence-electron chi connectivity index (χ4n) is 3.67. The number of fused-ring (bicyclic) bond motifs is 1. The zero-order valence-electron chi connectivity index (χ0n) is 17.7. The van der Waals surface area contributed by atoms with Crippen molar-refractivity contribution in [2.45, 2.75) is 83.6 Å². The van der Waals surface area contributed by atoms with Gasteiger partial charge in [-0.15, -0.1) is 0 Å². The Kier molecular flexibility index (Phi) is 10.6. The van der Waals surface area contributed by atoms with Gasteiger partial charge < -0.3 is 9.47 Å². The Morgan fingerprint density at radius 2 is 1.79 bits per heavy atom. The second-order valence-electron chi connectivity index (χ2n) is 8.25. The van der Waals surface area contributed by atoms with Crippen molar-refractivity contribution >= 4 is 24.7 Å². The third kappa shape index (κ3) is 7.07. The number of ether oxygens (including phenoxy) is 2. The van der Waals surface area contributed by atoms with Crippen molar-refractivity contribution in [2.24, 2.45) is 0 Å². The Balaban J connectivity index is 0.000000584. The van der Waals surface area contributed by atoms with Gasteiger partial charge in [0.2, 0.25) is 0 Å². The molecule has 0 aromatic heterocycles. The molecule has 0 spiro atoms. The molecule has 1 aliphatic heterocycles. The van der Waals surface area contributed by atoms with E-state index in [0.29, 0.717) is 0 Å². The Labute approximate surface area is 200 Å². The summed E-state index contributed by atoms with van der Waals surface area (Å²) < 4.78 is 9.84. The molecule has 3 rings (SSSR count). The summed E-state index contributed by atoms with van der Waals surface area (Å²) in [5.74, 6) is -0.486. The largest absolute Gasteiger partial charge is 0.469 e. The molecule has 1 saturated carbocycles. The van der Waals surface area contributed by atoms with Crippen LogP contribution in [0.15, 0.2) is 18.2 Å². The average molecular weight is 411 g/mol. The van der Waals surface area contributed by atoms with E-state index in [4.69, 9.17) is 4.74 Å². The standard InChI is InChI=1S/C19H26BO2.C3H6O2.Ar/c1-13(18(21)22-15-7-5-4-6-8-15)14-9-10-17-16(11-14)19(2,3)12-20-17;1-3(4)5-2;/h9-11,13,15H,4-8,12H2,1-3H3;1-2H3;. The van der Waals surface area contributed by atoms with Crippen molar-refractivity contribution in [3.63, 3.8) is 0 Å². The maximum atomic E-state index is 12.4. The molecule has 1 radical (unpaired) electrons. The summed E-state index contributed by atoms with van der Waals surface area (Å²) in [7, 11) is 3.65. The molecule has 1 fully saturated rings. The normalized spacial score (nSPS) is 18.3. The van der Waals surface area contributed by atoms with Crippen LogP contribution in [0.25, 0.3) is 0 Å². The molecule has 1 atom stereocenters. The van der Waals surface area contributed by atoms with Crippen LogP contribution in [0.5, 0.6) is 0 Å². The first-order chi connectivity index (χ1) is 12.7. The molecular formula is C22H32ArBO4. The molecule has 155 valence electrons. The number of rotatable bonds is 3. The first kappa shape index (κ1) is 25.5. The van der Waals surface area contributed by atoms with E-state index in [2.05, 4.69) is 44.1 Å². The number of hydrogen-bond acceptors (Lipinski definition) is 4. The van der Waals surface area contributed by atoms with Crippen LogP contribution in [0.1, 0.15) is 76.8 Å². The van der Waals surface area contributed by atoms with E-state index in [1.807, 2.05) is 6.92 Å². The van der Waals surface area contributed by atoms with Gasteiger partial charge in [0.25, 0.3) is 0 Å². The Morgan fingerprint density at radius 1 is 1.18 bits per heavy atom. The molecule has 0 N–H and O–H groups in total. The fraction of sp³-hybridized carbons (Fsp3) is 0.636. The van der Waals surface area contributed by atoms with Gasteiger partial charge >= 0.3 is 11.9 Å². The smallest absolute Gasteiger partial charge is 0.313 e. The first-order valence-corrected chi connectivity index (χ1v) is 9.97. The number of carbonyl (C=O) groups excluding carboxylic acids is 2. The molecule has 1 aromatic carbocycles. The number of esters is 2. The van der Waals surface area contributed by atoms with Gasteiger partial charge in [-0.3, -0.25) is 9.59 Å². The van der Waals surface area contributed by atoms with Gasteiger partial charge in [-0.2, -0.15) is 0 Å². The summed E-state index contributed by atoms with van der Waals surface area (Å²) in [5, 5.41) is 0. The van der Waals surface area contributed by atoms with Gasteiger partial charge in [-0.05, 0) is 49.1 Å². The van der Waals surface area contributed by atoms with Gasteiger partial charge in [0.1, 0.15) is 6.10 Å². The Hall–Kier alpha value is -0.515. The van der Waals surface area contributed by atoms with Crippen molar-refractivity contribution in [2.75, 3.05) is 7.11 Å². The van der Waals surface area contributed by atoms with Crippen LogP contribution >= 0.6 is 0 Å². The van der Waals surface area contributed by atoms with Gasteiger partial charge in [-0.1, -0.05) is 50.3 Å². The number of hydrogen-bond donors (Lipinski definition) is 0. The molecule has 1 heterocycles. The fourth-order valence-corrected chi connectivity index (χ4v) is 3.67. The molecule has 0 bridgehead atoms. The molecule has 28 heavy (non-hydrogen) atoms. The minimum absolute atomic E-state index is 0. The summed E-state index contributed by atoms with van der Waals surface area (Å²) in [4.78, 5) is 22.0. The van der Waals surface area contributed by atoms with Gasteiger partial charge in [-0.25, -0.2) is 0 Å². The van der Waals surface area contributed by atoms with E-state index in [9.17, 15) is 9.59 Å². The number of methoxy groups -OCH3 is 1. The summed E-state index contributed by atoms with van der Waals surface area (Å²) in [5.41, 5.74) is 3.95. The van der Waals surface area contributed by atoms with Crippen LogP contribution in [0, 0.1) is 37.7 Å². The summed E-state index contributed by atoms with van der Waals surface area (Å²) in [6.45, 7) is 7.87. The van der Waals surface area contributed by atoms with Gasteiger partial charge in [0, 0.05) is 44.7 Å². The van der Waals surface area contributed by atoms with Crippen LogP contribution in [-0.4, -0.2) is 32.4 Å². The zero-order chi connectivity index (χ0) is 20.0. The van der Waals surface area contributed by atoms with Crippen molar-refractivity contribution in [1.82, 2.24) is 0 Å². The first-order valence-electron chi connectivity index (χ1n) is 9.97. The SMILES string of the molecule is CC(C(=O)OC1CCCCC1)c1ccc2c(c1)C(C)(C)C[B]2.COC(C)=O.[Ar]. The third-order valence-corrected chi connectivity index (χ3v) is 5.61. The Morgan fingerprint density at radius 3 is 2.36 bits per heavy atom. The topological polar surface area (TPSA) is 52.6 Å². The molecule has 1 unspecified atom stereocenters. The maximum absolute atomic E-state index is 12.4. The van der Waals surface area contributed by atoms with E-state index < -0.39 is 0 Å². The number of benzene rings is 1. The van der Waals surface area contributed by atoms with Crippen LogP contribution in [0.3, 0.4) is 0 Å². The summed E-state index contributed by atoms with van der Waals surface area (Å²) >= 11 is 0. The quantitative estimate of drug-likeness (QED) is 0.560. The zero-order valence-corrected chi connectivity index (χ0v) is 18.4. The molecule has 4 nitrogen and oxygen atoms in total. The van der Waals surface area contributed by atoms with E-state index >= 15 is 0 Å². The average Bonchev–Trinajstić information content (AvgIpc) is 2.97. The van der Waals surface area contributed by atoms with Crippen molar-refractivity contribution in [1.29, 1.82) is 0 Å².